The van der Waals surface area contributed by atoms with Crippen molar-refractivity contribution < 1.29 is 19.1 Å². The van der Waals surface area contributed by atoms with Crippen molar-refractivity contribution in [2.24, 2.45) is 0 Å². The molecule has 6 heteroatoms. The summed E-state index contributed by atoms with van der Waals surface area (Å²) >= 11 is 6.38. The SMILES string of the molecule is CCC(Cl)C(NC(C)=O)(OCc1ccccc1)C(=O)OC(C)(C)C. The van der Waals surface area contributed by atoms with Gasteiger partial charge in [0.05, 0.1) is 12.0 Å². The van der Waals surface area contributed by atoms with Crippen LogP contribution in [-0.2, 0) is 25.7 Å². The van der Waals surface area contributed by atoms with Crippen molar-refractivity contribution in [1.29, 1.82) is 0 Å². The van der Waals surface area contributed by atoms with Gasteiger partial charge in [-0.1, -0.05) is 37.3 Å². The monoisotopic (exact) mass is 355 g/mol. The van der Waals surface area contributed by atoms with Crippen LogP contribution in [0.4, 0.5) is 0 Å². The van der Waals surface area contributed by atoms with Gasteiger partial charge >= 0.3 is 5.97 Å². The molecule has 1 amide bonds. The topological polar surface area (TPSA) is 64.6 Å². The van der Waals surface area contributed by atoms with Crippen molar-refractivity contribution >= 4 is 23.5 Å². The van der Waals surface area contributed by atoms with E-state index in [2.05, 4.69) is 5.32 Å². The zero-order valence-electron chi connectivity index (χ0n) is 14.9. The standard InChI is InChI=1S/C18H26ClNO4/c1-6-15(19)18(20-13(2)21,16(22)24-17(3,4)5)23-12-14-10-8-7-9-11-14/h7-11,15H,6,12H2,1-5H3,(H,20,21). The summed E-state index contributed by atoms with van der Waals surface area (Å²) in [5, 5.41) is 1.79. The summed E-state index contributed by atoms with van der Waals surface area (Å²) in [5.41, 5.74) is -1.62. The maximum atomic E-state index is 12.8. The second kappa shape index (κ2) is 8.49. The first-order valence-corrected chi connectivity index (χ1v) is 8.38. The van der Waals surface area contributed by atoms with Gasteiger partial charge in [0.1, 0.15) is 5.60 Å². The number of amides is 1. The van der Waals surface area contributed by atoms with E-state index in [0.717, 1.165) is 5.56 Å². The molecule has 24 heavy (non-hydrogen) atoms. The maximum absolute atomic E-state index is 12.8. The zero-order chi connectivity index (χ0) is 18.4. The molecule has 0 radical (unpaired) electrons. The highest BCUT2D eigenvalue weighted by Crippen LogP contribution is 2.27. The van der Waals surface area contributed by atoms with E-state index in [1.54, 1.807) is 20.8 Å². The van der Waals surface area contributed by atoms with E-state index in [1.807, 2.05) is 37.3 Å². The van der Waals surface area contributed by atoms with Crippen molar-refractivity contribution in [3.05, 3.63) is 35.9 Å². The molecule has 0 heterocycles. The average Bonchev–Trinajstić information content (AvgIpc) is 2.49. The molecule has 0 saturated carbocycles. The van der Waals surface area contributed by atoms with Gasteiger partial charge in [-0.15, -0.1) is 11.6 Å². The van der Waals surface area contributed by atoms with Crippen LogP contribution in [0.1, 0.15) is 46.6 Å². The van der Waals surface area contributed by atoms with Crippen molar-refractivity contribution in [2.45, 2.75) is 64.3 Å². The molecule has 134 valence electrons. The number of rotatable bonds is 7. The van der Waals surface area contributed by atoms with E-state index in [-0.39, 0.29) is 6.61 Å². The molecule has 0 aliphatic heterocycles. The molecular formula is C18H26ClNO4. The summed E-state index contributed by atoms with van der Waals surface area (Å²) in [4.78, 5) is 24.5. The summed E-state index contributed by atoms with van der Waals surface area (Å²) in [6.07, 6.45) is 0.413. The highest BCUT2D eigenvalue weighted by molar-refractivity contribution is 6.23. The third kappa shape index (κ3) is 5.80. The fraction of sp³-hybridized carbons (Fsp3) is 0.556. The number of ether oxygens (including phenoxy) is 2. The van der Waals surface area contributed by atoms with Crippen LogP contribution in [0.3, 0.4) is 0 Å². The number of hydrogen-bond donors (Lipinski definition) is 1. The van der Waals surface area contributed by atoms with Gasteiger partial charge in [0.25, 0.3) is 5.72 Å². The number of halogens is 1. The Hall–Kier alpha value is -1.59. The molecule has 0 aromatic heterocycles. The Balaban J connectivity index is 3.14. The average molecular weight is 356 g/mol. The Labute approximate surface area is 148 Å². The van der Waals surface area contributed by atoms with E-state index in [9.17, 15) is 9.59 Å². The third-order valence-corrected chi connectivity index (χ3v) is 3.79. The molecule has 0 bridgehead atoms. The van der Waals surface area contributed by atoms with Crippen LogP contribution in [0.5, 0.6) is 0 Å². The summed E-state index contributed by atoms with van der Waals surface area (Å²) in [5.74, 6) is -1.13. The van der Waals surface area contributed by atoms with Gasteiger partial charge < -0.3 is 14.8 Å². The Bertz CT molecular complexity index is 556. The number of carbonyl (C=O) groups excluding carboxylic acids is 2. The number of esters is 1. The van der Waals surface area contributed by atoms with E-state index in [4.69, 9.17) is 21.1 Å². The minimum atomic E-state index is -1.74. The predicted octanol–water partition coefficient (Wildman–Crippen LogP) is 3.39. The molecule has 1 N–H and O–H groups in total. The lowest BCUT2D eigenvalue weighted by molar-refractivity contribution is -0.193. The minimum Gasteiger partial charge on any atom is -0.456 e. The highest BCUT2D eigenvalue weighted by atomic mass is 35.5. The van der Waals surface area contributed by atoms with E-state index in [0.29, 0.717) is 6.42 Å². The molecule has 0 fully saturated rings. The third-order valence-electron chi connectivity index (χ3n) is 3.17. The van der Waals surface area contributed by atoms with E-state index >= 15 is 0 Å². The van der Waals surface area contributed by atoms with Crippen LogP contribution < -0.4 is 5.32 Å². The van der Waals surface area contributed by atoms with Gasteiger partial charge in [-0.25, -0.2) is 4.79 Å². The summed E-state index contributed by atoms with van der Waals surface area (Å²) < 4.78 is 11.3. The Morgan fingerprint density at radius 3 is 2.25 bits per heavy atom. The molecule has 0 saturated heterocycles. The van der Waals surface area contributed by atoms with Crippen LogP contribution in [0.2, 0.25) is 0 Å². The second-order valence-electron chi connectivity index (χ2n) is 6.57. The van der Waals surface area contributed by atoms with Gasteiger partial charge in [0.15, 0.2) is 0 Å². The first-order valence-electron chi connectivity index (χ1n) is 7.95. The van der Waals surface area contributed by atoms with Gasteiger partial charge in [-0.2, -0.15) is 0 Å². The fourth-order valence-corrected chi connectivity index (χ4v) is 2.32. The molecule has 0 spiro atoms. The van der Waals surface area contributed by atoms with Crippen molar-refractivity contribution in [3.8, 4) is 0 Å². The normalized spacial score (nSPS) is 15.2. The lowest BCUT2D eigenvalue weighted by Gasteiger charge is -2.37. The molecule has 0 aliphatic carbocycles. The van der Waals surface area contributed by atoms with E-state index in [1.165, 1.54) is 6.92 Å². The number of carbonyl (C=O) groups is 2. The van der Waals surface area contributed by atoms with E-state index < -0.39 is 28.6 Å². The molecule has 2 atom stereocenters. The first kappa shape index (κ1) is 20.5. The summed E-state index contributed by atoms with van der Waals surface area (Å²) in [7, 11) is 0. The first-order chi connectivity index (χ1) is 11.1. The van der Waals surface area contributed by atoms with Crippen LogP contribution in [0.25, 0.3) is 0 Å². The van der Waals surface area contributed by atoms with Crippen LogP contribution in [0, 0.1) is 0 Å². The van der Waals surface area contributed by atoms with Crippen molar-refractivity contribution in [1.82, 2.24) is 5.32 Å². The smallest absolute Gasteiger partial charge is 0.362 e. The number of hydrogen-bond acceptors (Lipinski definition) is 4. The molecule has 1 aromatic carbocycles. The quantitative estimate of drug-likeness (QED) is 0.462. The van der Waals surface area contributed by atoms with Crippen molar-refractivity contribution in [3.63, 3.8) is 0 Å². The van der Waals surface area contributed by atoms with Crippen molar-refractivity contribution in [2.75, 3.05) is 0 Å². The predicted molar refractivity (Wildman–Crippen MR) is 93.6 cm³/mol. The van der Waals surface area contributed by atoms with Gasteiger partial charge in [-0.3, -0.25) is 4.79 Å². The number of alkyl halides is 1. The molecule has 0 aliphatic rings. The largest absolute Gasteiger partial charge is 0.456 e. The minimum absolute atomic E-state index is 0.115. The van der Waals surface area contributed by atoms with Crippen LogP contribution >= 0.6 is 11.6 Å². The van der Waals surface area contributed by atoms with Gasteiger partial charge in [0.2, 0.25) is 5.91 Å². The van der Waals surface area contributed by atoms with Gasteiger partial charge in [-0.05, 0) is 32.8 Å². The lowest BCUT2D eigenvalue weighted by Crippen LogP contribution is -2.63. The molecular weight excluding hydrogens is 330 g/mol. The van der Waals surface area contributed by atoms with Gasteiger partial charge in [0, 0.05) is 6.92 Å². The lowest BCUT2D eigenvalue weighted by atomic mass is 10.1. The molecule has 1 aromatic rings. The number of benzene rings is 1. The Morgan fingerprint density at radius 1 is 1.21 bits per heavy atom. The maximum Gasteiger partial charge on any atom is 0.362 e. The Morgan fingerprint density at radius 2 is 1.79 bits per heavy atom. The second-order valence-corrected chi connectivity index (χ2v) is 7.10. The number of nitrogens with one attached hydrogen (secondary N) is 1. The zero-order valence-corrected chi connectivity index (χ0v) is 15.6. The molecule has 1 rings (SSSR count). The van der Waals surface area contributed by atoms with Crippen LogP contribution in [-0.4, -0.2) is 28.6 Å². The summed E-state index contributed by atoms with van der Waals surface area (Å²) in [6.45, 7) is 8.47. The molecule has 5 nitrogen and oxygen atoms in total. The summed E-state index contributed by atoms with van der Waals surface area (Å²) in [6, 6.07) is 9.34. The Kier molecular flexibility index (Phi) is 7.24. The molecule has 2 unspecified atom stereocenters. The highest BCUT2D eigenvalue weighted by Gasteiger charge is 2.49. The fourth-order valence-electron chi connectivity index (χ4n) is 2.12. The van der Waals surface area contributed by atoms with Crippen LogP contribution in [0.15, 0.2) is 30.3 Å².